The molecule has 0 unspecified atom stereocenters. The van der Waals surface area contributed by atoms with E-state index in [0.29, 0.717) is 0 Å². The minimum Gasteiger partial charge on any atom is -0.372 e. The van der Waals surface area contributed by atoms with Crippen LogP contribution in [0.3, 0.4) is 0 Å². The lowest BCUT2D eigenvalue weighted by Crippen LogP contribution is -2.37. The van der Waals surface area contributed by atoms with E-state index in [2.05, 4.69) is 28.5 Å². The molecule has 0 amide bonds. The molecule has 1 aliphatic rings. The van der Waals surface area contributed by atoms with E-state index >= 15 is 0 Å². The molecular formula is C10H21N3. The predicted molar refractivity (Wildman–Crippen MR) is 58.8 cm³/mol. The first-order valence-electron chi connectivity index (χ1n) is 4.91. The quantitative estimate of drug-likeness (QED) is 0.671. The summed E-state index contributed by atoms with van der Waals surface area (Å²) in [6.45, 7) is 9.83. The van der Waals surface area contributed by atoms with Crippen molar-refractivity contribution in [1.29, 1.82) is 0 Å². The highest BCUT2D eigenvalue weighted by Gasteiger charge is 2.07. The zero-order valence-electron chi connectivity index (χ0n) is 9.39. The van der Waals surface area contributed by atoms with Crippen molar-refractivity contribution in [1.82, 2.24) is 10.2 Å². The van der Waals surface area contributed by atoms with E-state index in [1.165, 1.54) is 0 Å². The third kappa shape index (κ3) is 4.55. The number of nitrogens with zero attached hydrogens (tertiary/aromatic N) is 2. The van der Waals surface area contributed by atoms with Crippen molar-refractivity contribution in [3.63, 3.8) is 0 Å². The van der Waals surface area contributed by atoms with E-state index in [4.69, 9.17) is 0 Å². The van der Waals surface area contributed by atoms with Crippen molar-refractivity contribution in [2.45, 2.75) is 27.7 Å². The summed E-state index contributed by atoms with van der Waals surface area (Å²) in [6, 6.07) is 0. The Balaban J connectivity index is 0.000000671. The van der Waals surface area contributed by atoms with Crippen LogP contribution in [0, 0.1) is 0 Å². The van der Waals surface area contributed by atoms with Gasteiger partial charge >= 0.3 is 0 Å². The molecule has 0 aliphatic carbocycles. The standard InChI is InChI=1S/C8H15N3.C2H6/c1-4-9-8-6-11(3)5-7(2)10-8;1-2/h5H,4,6H2,1-3H3,(H,9,10);1-2H3. The van der Waals surface area contributed by atoms with Gasteiger partial charge in [-0.05, 0) is 13.8 Å². The SMILES string of the molecule is CC.CCN=C1CN(C)C=C(C)N1. The molecule has 0 saturated carbocycles. The molecule has 1 heterocycles. The maximum Gasteiger partial charge on any atom is 0.120 e. The lowest BCUT2D eigenvalue weighted by Gasteiger charge is -2.23. The zero-order valence-corrected chi connectivity index (χ0v) is 9.39. The lowest BCUT2D eigenvalue weighted by atomic mass is 10.3. The maximum atomic E-state index is 4.31. The third-order valence-corrected chi connectivity index (χ3v) is 1.50. The predicted octanol–water partition coefficient (Wildman–Crippen LogP) is 1.83. The fourth-order valence-electron chi connectivity index (χ4n) is 1.19. The summed E-state index contributed by atoms with van der Waals surface area (Å²) in [4.78, 5) is 6.43. The molecule has 76 valence electrons. The Morgan fingerprint density at radius 2 is 2.15 bits per heavy atom. The van der Waals surface area contributed by atoms with Gasteiger partial charge in [0.2, 0.25) is 0 Å². The second-order valence-corrected chi connectivity index (χ2v) is 2.77. The van der Waals surface area contributed by atoms with E-state index < -0.39 is 0 Å². The van der Waals surface area contributed by atoms with Crippen LogP contribution in [0.25, 0.3) is 0 Å². The van der Waals surface area contributed by atoms with Crippen LogP contribution < -0.4 is 5.32 Å². The summed E-state index contributed by atoms with van der Waals surface area (Å²) in [5.74, 6) is 1.06. The number of hydrogen-bond acceptors (Lipinski definition) is 2. The Kier molecular flexibility index (Phi) is 6.02. The number of hydrogen-bond donors (Lipinski definition) is 1. The number of likely N-dealkylation sites (N-methyl/N-ethyl adjacent to an activating group) is 1. The fraction of sp³-hybridized carbons (Fsp3) is 0.700. The van der Waals surface area contributed by atoms with Crippen molar-refractivity contribution < 1.29 is 0 Å². The van der Waals surface area contributed by atoms with Gasteiger partial charge in [0, 0.05) is 25.5 Å². The third-order valence-electron chi connectivity index (χ3n) is 1.50. The normalized spacial score (nSPS) is 18.7. The Bertz CT molecular complexity index is 194. The summed E-state index contributed by atoms with van der Waals surface area (Å²) >= 11 is 0. The van der Waals surface area contributed by atoms with Gasteiger partial charge in [-0.2, -0.15) is 0 Å². The molecule has 1 rings (SSSR count). The summed E-state index contributed by atoms with van der Waals surface area (Å²) in [5, 5.41) is 3.22. The molecule has 0 spiro atoms. The molecule has 13 heavy (non-hydrogen) atoms. The summed E-state index contributed by atoms with van der Waals surface area (Å²) < 4.78 is 0. The molecule has 0 aromatic carbocycles. The molecule has 0 radical (unpaired) electrons. The Hall–Kier alpha value is -0.990. The first-order chi connectivity index (χ1) is 6.22. The number of rotatable bonds is 1. The number of aliphatic imine (C=N–C) groups is 1. The molecule has 0 saturated heterocycles. The molecule has 0 bridgehead atoms. The van der Waals surface area contributed by atoms with Crippen LogP contribution in [0.5, 0.6) is 0 Å². The second kappa shape index (κ2) is 6.52. The van der Waals surface area contributed by atoms with Crippen LogP contribution in [0.2, 0.25) is 0 Å². The summed E-state index contributed by atoms with van der Waals surface area (Å²) in [6.07, 6.45) is 2.08. The average Bonchev–Trinajstić information content (AvgIpc) is 2.06. The van der Waals surface area contributed by atoms with Crippen LogP contribution in [0.15, 0.2) is 16.9 Å². The molecule has 0 atom stereocenters. The first-order valence-corrected chi connectivity index (χ1v) is 4.91. The minimum atomic E-state index is 0.851. The van der Waals surface area contributed by atoms with Gasteiger partial charge in [0.25, 0.3) is 0 Å². The molecule has 1 N–H and O–H groups in total. The van der Waals surface area contributed by atoms with Crippen molar-refractivity contribution in [3.8, 4) is 0 Å². The highest BCUT2D eigenvalue weighted by Crippen LogP contribution is 1.99. The lowest BCUT2D eigenvalue weighted by molar-refractivity contribution is 0.497. The average molecular weight is 183 g/mol. The highest BCUT2D eigenvalue weighted by molar-refractivity contribution is 5.86. The zero-order chi connectivity index (χ0) is 10.3. The Morgan fingerprint density at radius 3 is 2.62 bits per heavy atom. The second-order valence-electron chi connectivity index (χ2n) is 2.77. The van der Waals surface area contributed by atoms with Crippen molar-refractivity contribution >= 4 is 5.84 Å². The van der Waals surface area contributed by atoms with Crippen molar-refractivity contribution in [2.75, 3.05) is 20.1 Å². The van der Waals surface area contributed by atoms with Crippen molar-refractivity contribution in [2.24, 2.45) is 4.99 Å². The topological polar surface area (TPSA) is 27.6 Å². The molecule has 0 fully saturated rings. The smallest absolute Gasteiger partial charge is 0.120 e. The molecular weight excluding hydrogens is 162 g/mol. The van der Waals surface area contributed by atoms with Gasteiger partial charge in [0.05, 0.1) is 6.54 Å². The van der Waals surface area contributed by atoms with Crippen LogP contribution in [-0.2, 0) is 0 Å². The van der Waals surface area contributed by atoms with Crippen LogP contribution >= 0.6 is 0 Å². The first kappa shape index (κ1) is 12.0. The number of amidine groups is 1. The Morgan fingerprint density at radius 1 is 1.54 bits per heavy atom. The van der Waals surface area contributed by atoms with Gasteiger partial charge in [0.1, 0.15) is 5.84 Å². The summed E-state index contributed by atoms with van der Waals surface area (Å²) in [5.41, 5.74) is 1.16. The molecule has 0 aromatic rings. The minimum absolute atomic E-state index is 0.851. The van der Waals surface area contributed by atoms with E-state index in [-0.39, 0.29) is 0 Å². The van der Waals surface area contributed by atoms with Crippen molar-refractivity contribution in [3.05, 3.63) is 11.9 Å². The summed E-state index contributed by atoms with van der Waals surface area (Å²) in [7, 11) is 2.05. The monoisotopic (exact) mass is 183 g/mol. The van der Waals surface area contributed by atoms with Crippen LogP contribution in [0.1, 0.15) is 27.7 Å². The van der Waals surface area contributed by atoms with Gasteiger partial charge in [-0.1, -0.05) is 13.8 Å². The van der Waals surface area contributed by atoms with E-state index in [1.807, 2.05) is 27.7 Å². The number of allylic oxidation sites excluding steroid dienone is 1. The van der Waals surface area contributed by atoms with Gasteiger partial charge in [-0.25, -0.2) is 0 Å². The van der Waals surface area contributed by atoms with Crippen LogP contribution in [-0.4, -0.2) is 30.9 Å². The molecule has 1 aliphatic heterocycles. The van der Waals surface area contributed by atoms with Gasteiger partial charge in [-0.3, -0.25) is 4.99 Å². The largest absolute Gasteiger partial charge is 0.372 e. The number of nitrogens with one attached hydrogen (secondary N) is 1. The van der Waals surface area contributed by atoms with Gasteiger partial charge in [0.15, 0.2) is 0 Å². The van der Waals surface area contributed by atoms with Gasteiger partial charge in [-0.15, -0.1) is 0 Å². The molecule has 3 heteroatoms. The van der Waals surface area contributed by atoms with E-state index in [9.17, 15) is 0 Å². The molecule has 3 nitrogen and oxygen atoms in total. The van der Waals surface area contributed by atoms with E-state index in [0.717, 1.165) is 24.6 Å². The highest BCUT2D eigenvalue weighted by atomic mass is 15.2. The van der Waals surface area contributed by atoms with Gasteiger partial charge < -0.3 is 10.2 Å². The van der Waals surface area contributed by atoms with E-state index in [1.54, 1.807) is 0 Å². The Labute approximate surface area is 81.5 Å². The van der Waals surface area contributed by atoms with Crippen LogP contribution in [0.4, 0.5) is 0 Å². The molecule has 0 aromatic heterocycles. The fourth-order valence-corrected chi connectivity index (χ4v) is 1.19. The maximum absolute atomic E-state index is 4.31.